The second-order valence-corrected chi connectivity index (χ2v) is 6.12. The fraction of sp³-hybridized carbons (Fsp3) is 0.200. The number of aromatic nitrogens is 5. The van der Waals surface area contributed by atoms with Gasteiger partial charge in [-0.15, -0.1) is 5.10 Å². The molecular weight excluding hydrogens is 346 g/mol. The Hall–Kier alpha value is -2.28. The van der Waals surface area contributed by atoms with E-state index in [9.17, 15) is 4.79 Å². The molecule has 110 valence electrons. The maximum absolute atomic E-state index is 11.9. The van der Waals surface area contributed by atoms with E-state index in [2.05, 4.69) is 31.2 Å². The van der Waals surface area contributed by atoms with Gasteiger partial charge >= 0.3 is 0 Å². The molecule has 3 heterocycles. The molecule has 0 N–H and O–H groups in total. The highest BCUT2D eigenvalue weighted by molar-refractivity contribution is 9.10. The molecule has 6 nitrogen and oxygen atoms in total. The van der Waals surface area contributed by atoms with Gasteiger partial charge in [0.05, 0.1) is 22.8 Å². The van der Waals surface area contributed by atoms with Crippen LogP contribution in [0.15, 0.2) is 29.1 Å². The van der Waals surface area contributed by atoms with Crippen LogP contribution in [0.5, 0.6) is 0 Å². The van der Waals surface area contributed by atoms with Crippen molar-refractivity contribution < 1.29 is 4.79 Å². The Bertz CT molecular complexity index is 924. The summed E-state index contributed by atoms with van der Waals surface area (Å²) in [5, 5.41) is 8.28. The standard InChI is InChI=1S/C15H12BrN5O/c1-8-3-4-10-11(5-8)21-12(14(9(2)22)18-19-21)6-13-15(16)17-7-20(10)13/h3-5,7H,6H2,1-2H3. The number of hydrogen-bond donors (Lipinski definition) is 0. The van der Waals surface area contributed by atoms with Gasteiger partial charge in [-0.05, 0) is 40.5 Å². The summed E-state index contributed by atoms with van der Waals surface area (Å²) in [5.74, 6) is -0.0838. The number of nitrogens with zero attached hydrogens (tertiary/aromatic N) is 5. The number of imidazole rings is 1. The summed E-state index contributed by atoms with van der Waals surface area (Å²) in [6.07, 6.45) is 2.32. The zero-order chi connectivity index (χ0) is 15.4. The first-order valence-corrected chi connectivity index (χ1v) is 7.64. The molecule has 2 aromatic heterocycles. The van der Waals surface area contributed by atoms with Gasteiger partial charge in [-0.1, -0.05) is 11.3 Å². The molecule has 0 bridgehead atoms. The highest BCUT2D eigenvalue weighted by Crippen LogP contribution is 2.32. The number of halogens is 1. The molecule has 1 aliphatic heterocycles. The maximum Gasteiger partial charge on any atom is 0.181 e. The minimum absolute atomic E-state index is 0.0838. The number of fused-ring (bicyclic) bond motifs is 5. The summed E-state index contributed by atoms with van der Waals surface area (Å²) in [6, 6.07) is 6.12. The molecule has 0 spiro atoms. The second-order valence-electron chi connectivity index (χ2n) is 5.37. The van der Waals surface area contributed by atoms with Crippen LogP contribution in [0.4, 0.5) is 0 Å². The van der Waals surface area contributed by atoms with Gasteiger partial charge < -0.3 is 0 Å². The fourth-order valence-corrected chi connectivity index (χ4v) is 3.23. The molecule has 0 aliphatic carbocycles. The third-order valence-corrected chi connectivity index (χ3v) is 4.53. The topological polar surface area (TPSA) is 65.6 Å². The monoisotopic (exact) mass is 357 g/mol. The van der Waals surface area contributed by atoms with E-state index >= 15 is 0 Å². The molecule has 0 radical (unpaired) electrons. The van der Waals surface area contributed by atoms with E-state index in [1.165, 1.54) is 6.92 Å². The van der Waals surface area contributed by atoms with Crippen LogP contribution < -0.4 is 0 Å². The van der Waals surface area contributed by atoms with Crippen molar-refractivity contribution in [3.63, 3.8) is 0 Å². The zero-order valence-corrected chi connectivity index (χ0v) is 13.6. The lowest BCUT2D eigenvalue weighted by molar-refractivity contribution is 0.101. The van der Waals surface area contributed by atoms with Gasteiger partial charge in [0.2, 0.25) is 0 Å². The van der Waals surface area contributed by atoms with Crippen molar-refractivity contribution in [2.45, 2.75) is 20.3 Å². The minimum atomic E-state index is -0.0838. The number of carbonyl (C=O) groups excluding carboxylic acids is 1. The number of rotatable bonds is 1. The average Bonchev–Trinajstić information content (AvgIpc) is 3.02. The van der Waals surface area contributed by atoms with Crippen LogP contribution in [-0.2, 0) is 6.42 Å². The Labute approximate surface area is 134 Å². The number of aryl methyl sites for hydroxylation is 1. The van der Waals surface area contributed by atoms with Gasteiger partial charge in [0, 0.05) is 13.3 Å². The van der Waals surface area contributed by atoms with Crippen molar-refractivity contribution in [2.24, 2.45) is 0 Å². The van der Waals surface area contributed by atoms with E-state index in [-0.39, 0.29) is 5.78 Å². The van der Waals surface area contributed by atoms with Gasteiger partial charge in [0.15, 0.2) is 11.5 Å². The molecule has 0 atom stereocenters. The van der Waals surface area contributed by atoms with Crippen molar-refractivity contribution >= 4 is 21.7 Å². The van der Waals surface area contributed by atoms with Crippen LogP contribution in [-0.4, -0.2) is 30.3 Å². The zero-order valence-electron chi connectivity index (χ0n) is 12.0. The van der Waals surface area contributed by atoms with Gasteiger partial charge in [0.25, 0.3) is 0 Å². The maximum atomic E-state index is 11.9. The predicted octanol–water partition coefficient (Wildman–Crippen LogP) is 2.63. The molecule has 1 aliphatic rings. The third kappa shape index (κ3) is 1.78. The van der Waals surface area contributed by atoms with Crippen molar-refractivity contribution in [1.29, 1.82) is 0 Å². The fourth-order valence-electron chi connectivity index (χ4n) is 2.81. The molecule has 0 fully saturated rings. The smallest absolute Gasteiger partial charge is 0.181 e. The predicted molar refractivity (Wildman–Crippen MR) is 83.7 cm³/mol. The lowest BCUT2D eigenvalue weighted by Gasteiger charge is -2.10. The van der Waals surface area contributed by atoms with Gasteiger partial charge in [-0.3, -0.25) is 9.36 Å². The van der Waals surface area contributed by atoms with Gasteiger partial charge in [-0.25, -0.2) is 9.67 Å². The number of hydrogen-bond acceptors (Lipinski definition) is 4. The van der Waals surface area contributed by atoms with Gasteiger partial charge in [-0.2, -0.15) is 0 Å². The molecule has 4 rings (SSSR count). The Morgan fingerprint density at radius 2 is 2.09 bits per heavy atom. The normalized spacial score (nSPS) is 12.3. The van der Waals surface area contributed by atoms with Crippen molar-refractivity contribution in [3.05, 3.63) is 51.8 Å². The van der Waals surface area contributed by atoms with Crippen LogP contribution in [0.3, 0.4) is 0 Å². The molecular formula is C15H12BrN5O. The molecule has 0 saturated carbocycles. The first-order valence-electron chi connectivity index (χ1n) is 6.85. The molecule has 0 amide bonds. The van der Waals surface area contributed by atoms with E-state index in [1.54, 1.807) is 11.0 Å². The molecule has 0 saturated heterocycles. The van der Waals surface area contributed by atoms with Crippen LogP contribution in [0.2, 0.25) is 0 Å². The SMILES string of the molecule is CC(=O)c1nnn2c1Cc1c(Br)ncn1-c1ccc(C)cc1-2. The van der Waals surface area contributed by atoms with E-state index in [0.717, 1.165) is 32.9 Å². The van der Waals surface area contributed by atoms with E-state index in [1.807, 2.05) is 29.7 Å². The summed E-state index contributed by atoms with van der Waals surface area (Å²) in [4.78, 5) is 16.2. The Morgan fingerprint density at radius 3 is 2.86 bits per heavy atom. The number of ketones is 1. The second kappa shape index (κ2) is 4.61. The van der Waals surface area contributed by atoms with Crippen LogP contribution in [0.25, 0.3) is 11.4 Å². The van der Waals surface area contributed by atoms with Crippen molar-refractivity contribution in [1.82, 2.24) is 24.5 Å². The molecule has 22 heavy (non-hydrogen) atoms. The highest BCUT2D eigenvalue weighted by Gasteiger charge is 2.26. The largest absolute Gasteiger partial charge is 0.299 e. The Morgan fingerprint density at radius 1 is 1.27 bits per heavy atom. The minimum Gasteiger partial charge on any atom is -0.299 e. The lowest BCUT2D eigenvalue weighted by atomic mass is 10.1. The van der Waals surface area contributed by atoms with E-state index in [4.69, 9.17) is 0 Å². The summed E-state index contributed by atoms with van der Waals surface area (Å²) < 4.78 is 4.55. The first-order chi connectivity index (χ1) is 10.6. The number of Topliss-reactive ketones (excluding diaryl/α,β-unsaturated/α-hetero) is 1. The Kier molecular flexibility index (Phi) is 2.80. The lowest BCUT2D eigenvalue weighted by Crippen LogP contribution is -2.05. The van der Waals surface area contributed by atoms with Crippen molar-refractivity contribution in [2.75, 3.05) is 0 Å². The molecule has 7 heteroatoms. The van der Waals surface area contributed by atoms with E-state index in [0.29, 0.717) is 12.1 Å². The summed E-state index contributed by atoms with van der Waals surface area (Å²) in [5.41, 5.74) is 5.17. The van der Waals surface area contributed by atoms with E-state index < -0.39 is 0 Å². The van der Waals surface area contributed by atoms with Crippen LogP contribution >= 0.6 is 15.9 Å². The van der Waals surface area contributed by atoms with Crippen LogP contribution in [0, 0.1) is 6.92 Å². The van der Waals surface area contributed by atoms with Crippen LogP contribution in [0.1, 0.15) is 34.4 Å². The molecule has 3 aromatic rings. The number of benzene rings is 1. The quantitative estimate of drug-likeness (QED) is 0.491. The van der Waals surface area contributed by atoms with Crippen molar-refractivity contribution in [3.8, 4) is 11.4 Å². The molecule has 0 unspecified atom stereocenters. The average molecular weight is 358 g/mol. The van der Waals surface area contributed by atoms with Gasteiger partial charge in [0.1, 0.15) is 10.9 Å². The highest BCUT2D eigenvalue weighted by atomic mass is 79.9. The number of carbonyl (C=O) groups is 1. The summed E-state index contributed by atoms with van der Waals surface area (Å²) in [6.45, 7) is 3.54. The molecule has 1 aromatic carbocycles. The Balaban J connectivity index is 2.11. The first kappa shape index (κ1) is 13.4. The summed E-state index contributed by atoms with van der Waals surface area (Å²) in [7, 11) is 0. The summed E-state index contributed by atoms with van der Waals surface area (Å²) >= 11 is 3.49. The third-order valence-electron chi connectivity index (χ3n) is 3.87.